The first-order chi connectivity index (χ1) is 31.8. The Hall–Kier alpha value is -8.60. The molecule has 10 aromatic carbocycles. The van der Waals surface area contributed by atoms with Crippen LogP contribution in [0.25, 0.3) is 66.1 Å². The molecule has 64 heavy (non-hydrogen) atoms. The van der Waals surface area contributed by atoms with Gasteiger partial charge in [0.05, 0.1) is 27.8 Å². The molecule has 302 valence electrons. The lowest BCUT2D eigenvalue weighted by molar-refractivity contribution is 1.18. The molecule has 4 nitrogen and oxygen atoms in total. The van der Waals surface area contributed by atoms with Gasteiger partial charge in [0.25, 0.3) is 0 Å². The fraction of sp³-hybridized carbons (Fsp3) is 0. The van der Waals surface area contributed by atoms with Gasteiger partial charge in [-0.2, -0.15) is 0 Å². The van der Waals surface area contributed by atoms with E-state index < -0.39 is 0 Å². The maximum atomic E-state index is 2.42. The number of nitrogens with zero attached hydrogens (tertiary/aromatic N) is 4. The minimum atomic E-state index is 1.08. The zero-order valence-corrected chi connectivity index (χ0v) is 35.0. The quantitative estimate of drug-likeness (QED) is 0.144. The minimum absolute atomic E-state index is 1.08. The SMILES string of the molecule is c1ccc(N(c2ccc(-c3cc(N(c4ccccc4)c4ccccc4)c4c5ccccc5n(-c5ccccc5)c4c3)cc2)c2ccc3c4ccccc4n(-c4ccccc4)c3c2)cc1. The lowest BCUT2D eigenvalue weighted by atomic mass is 9.99. The Kier molecular flexibility index (Phi) is 9.12. The Labute approximate surface area is 372 Å². The van der Waals surface area contributed by atoms with Crippen molar-refractivity contribution in [3.63, 3.8) is 0 Å². The highest BCUT2D eigenvalue weighted by Crippen LogP contribution is 2.47. The molecule has 0 fully saturated rings. The van der Waals surface area contributed by atoms with Crippen molar-refractivity contribution < 1.29 is 0 Å². The van der Waals surface area contributed by atoms with Gasteiger partial charge < -0.3 is 18.9 Å². The first-order valence-corrected chi connectivity index (χ1v) is 21.9. The van der Waals surface area contributed by atoms with Crippen molar-refractivity contribution >= 4 is 77.7 Å². The van der Waals surface area contributed by atoms with E-state index in [9.17, 15) is 0 Å². The molecule has 0 saturated carbocycles. The third kappa shape index (κ3) is 6.31. The van der Waals surface area contributed by atoms with Crippen LogP contribution in [0.2, 0.25) is 0 Å². The van der Waals surface area contributed by atoms with Gasteiger partial charge in [-0.05, 0) is 120 Å². The highest BCUT2D eigenvalue weighted by Gasteiger charge is 2.23. The molecule has 2 heterocycles. The molecule has 0 saturated heterocycles. The zero-order chi connectivity index (χ0) is 42.4. The van der Waals surface area contributed by atoms with E-state index >= 15 is 0 Å². The fourth-order valence-corrected chi connectivity index (χ4v) is 9.63. The van der Waals surface area contributed by atoms with Crippen LogP contribution in [0, 0.1) is 0 Å². The van der Waals surface area contributed by atoms with Crippen LogP contribution >= 0.6 is 0 Å². The predicted molar refractivity (Wildman–Crippen MR) is 270 cm³/mol. The summed E-state index contributed by atoms with van der Waals surface area (Å²) in [6.45, 7) is 0. The molecule has 0 aliphatic carbocycles. The first-order valence-electron chi connectivity index (χ1n) is 21.9. The monoisotopic (exact) mass is 818 g/mol. The van der Waals surface area contributed by atoms with Crippen molar-refractivity contribution in [2.45, 2.75) is 0 Å². The number of fused-ring (bicyclic) bond motifs is 6. The summed E-state index contributed by atoms with van der Waals surface area (Å²) in [5.41, 5.74) is 15.8. The van der Waals surface area contributed by atoms with E-state index in [2.05, 4.69) is 274 Å². The molecule has 0 aliphatic rings. The summed E-state index contributed by atoms with van der Waals surface area (Å²) in [6.07, 6.45) is 0. The molecule has 12 aromatic rings. The normalized spacial score (nSPS) is 11.4. The fourth-order valence-electron chi connectivity index (χ4n) is 9.63. The third-order valence-corrected chi connectivity index (χ3v) is 12.4. The molecule has 0 N–H and O–H groups in total. The molecular formula is C60H42N4. The predicted octanol–water partition coefficient (Wildman–Crippen LogP) is 16.5. The van der Waals surface area contributed by atoms with Gasteiger partial charge in [0.1, 0.15) is 0 Å². The number of aromatic nitrogens is 2. The van der Waals surface area contributed by atoms with Crippen LogP contribution in [0.1, 0.15) is 0 Å². The maximum absolute atomic E-state index is 2.42. The smallest absolute Gasteiger partial charge is 0.0568 e. The van der Waals surface area contributed by atoms with Gasteiger partial charge in [0, 0.05) is 61.4 Å². The third-order valence-electron chi connectivity index (χ3n) is 12.4. The average Bonchev–Trinajstić information content (AvgIpc) is 3.88. The van der Waals surface area contributed by atoms with E-state index in [0.29, 0.717) is 0 Å². The van der Waals surface area contributed by atoms with Crippen molar-refractivity contribution in [2.24, 2.45) is 0 Å². The van der Waals surface area contributed by atoms with Gasteiger partial charge in [-0.1, -0.05) is 146 Å². The summed E-state index contributed by atoms with van der Waals surface area (Å²) < 4.78 is 4.80. The van der Waals surface area contributed by atoms with E-state index in [-0.39, 0.29) is 0 Å². The summed E-state index contributed by atoms with van der Waals surface area (Å²) in [6, 6.07) is 91.8. The highest BCUT2D eigenvalue weighted by molar-refractivity contribution is 6.18. The van der Waals surface area contributed by atoms with E-state index in [4.69, 9.17) is 0 Å². The number of rotatable bonds is 9. The molecule has 0 bridgehead atoms. The Bertz CT molecular complexity index is 3540. The van der Waals surface area contributed by atoms with Crippen LogP contribution in [0.15, 0.2) is 255 Å². The molecule has 4 heteroatoms. The molecule has 0 radical (unpaired) electrons. The molecule has 0 aliphatic heterocycles. The first kappa shape index (κ1) is 37.2. The van der Waals surface area contributed by atoms with Crippen molar-refractivity contribution in [3.8, 4) is 22.5 Å². The molecule has 0 atom stereocenters. The van der Waals surface area contributed by atoms with E-state index in [1.165, 1.54) is 38.1 Å². The second-order valence-corrected chi connectivity index (χ2v) is 16.2. The van der Waals surface area contributed by atoms with Crippen molar-refractivity contribution in [2.75, 3.05) is 9.80 Å². The Morgan fingerprint density at radius 3 is 1.25 bits per heavy atom. The summed E-state index contributed by atoms with van der Waals surface area (Å²) in [4.78, 5) is 4.77. The Balaban J connectivity index is 1.06. The van der Waals surface area contributed by atoms with Crippen molar-refractivity contribution in [3.05, 3.63) is 255 Å². The van der Waals surface area contributed by atoms with Crippen LogP contribution in [0.3, 0.4) is 0 Å². The van der Waals surface area contributed by atoms with Crippen LogP contribution in [-0.4, -0.2) is 9.13 Å². The zero-order valence-electron chi connectivity index (χ0n) is 35.0. The van der Waals surface area contributed by atoms with Gasteiger partial charge in [-0.25, -0.2) is 0 Å². The average molecular weight is 819 g/mol. The van der Waals surface area contributed by atoms with Crippen LogP contribution in [0.4, 0.5) is 34.1 Å². The van der Waals surface area contributed by atoms with E-state index in [1.54, 1.807) is 0 Å². The van der Waals surface area contributed by atoms with E-state index in [1.807, 2.05) is 0 Å². The molecule has 2 aromatic heterocycles. The minimum Gasteiger partial charge on any atom is -0.310 e. The summed E-state index contributed by atoms with van der Waals surface area (Å²) in [7, 11) is 0. The van der Waals surface area contributed by atoms with Crippen molar-refractivity contribution in [1.29, 1.82) is 0 Å². The van der Waals surface area contributed by atoms with Gasteiger partial charge in [0.15, 0.2) is 0 Å². The number of benzene rings is 10. The largest absolute Gasteiger partial charge is 0.310 e. The number of hydrogen-bond donors (Lipinski definition) is 0. The van der Waals surface area contributed by atoms with Crippen LogP contribution < -0.4 is 9.80 Å². The lowest BCUT2D eigenvalue weighted by Gasteiger charge is -2.27. The van der Waals surface area contributed by atoms with Gasteiger partial charge in [-0.3, -0.25) is 0 Å². The second kappa shape index (κ2) is 15.7. The summed E-state index contributed by atoms with van der Waals surface area (Å²) in [5, 5.41) is 4.87. The highest BCUT2D eigenvalue weighted by atomic mass is 15.2. The molecular weight excluding hydrogens is 777 g/mol. The Morgan fingerprint density at radius 1 is 0.250 bits per heavy atom. The number of hydrogen-bond acceptors (Lipinski definition) is 2. The molecule has 0 unspecified atom stereocenters. The van der Waals surface area contributed by atoms with Crippen LogP contribution in [-0.2, 0) is 0 Å². The van der Waals surface area contributed by atoms with Gasteiger partial charge in [0.2, 0.25) is 0 Å². The molecule has 0 amide bonds. The maximum Gasteiger partial charge on any atom is 0.0568 e. The van der Waals surface area contributed by atoms with Crippen LogP contribution in [0.5, 0.6) is 0 Å². The Morgan fingerprint density at radius 2 is 0.672 bits per heavy atom. The molecule has 0 spiro atoms. The topological polar surface area (TPSA) is 16.3 Å². The molecule has 12 rings (SSSR count). The van der Waals surface area contributed by atoms with E-state index in [0.717, 1.165) is 62.1 Å². The standard InChI is InChI=1S/C60H42N4/c1-6-20-45(21-7-1)61(51-38-39-53-52-30-16-18-32-55(52)63(57(53)42-51)48-26-12-4-13-27-48)50-36-34-43(35-37-50)44-40-58(62(46-22-8-2-9-23-46)47-24-10-3-11-25-47)60-54-31-17-19-33-56(54)64(59(60)41-44)49-28-14-5-15-29-49/h1-42H. The second-order valence-electron chi connectivity index (χ2n) is 16.2. The summed E-state index contributed by atoms with van der Waals surface area (Å²) >= 11 is 0. The number of anilines is 6. The van der Waals surface area contributed by atoms with Gasteiger partial charge >= 0.3 is 0 Å². The van der Waals surface area contributed by atoms with Gasteiger partial charge in [-0.15, -0.1) is 0 Å². The lowest BCUT2D eigenvalue weighted by Crippen LogP contribution is -2.11. The number of para-hydroxylation sites is 7. The summed E-state index contributed by atoms with van der Waals surface area (Å²) in [5.74, 6) is 0. The van der Waals surface area contributed by atoms with Crippen molar-refractivity contribution in [1.82, 2.24) is 9.13 Å².